The molecule has 2 N–H and O–H groups in total. The molecule has 1 aromatic rings. The summed E-state index contributed by atoms with van der Waals surface area (Å²) in [7, 11) is 0. The van der Waals surface area contributed by atoms with Crippen LogP contribution in [0.15, 0.2) is 17.3 Å². The van der Waals surface area contributed by atoms with Crippen molar-refractivity contribution in [1.82, 2.24) is 15.6 Å². The zero-order valence-electron chi connectivity index (χ0n) is 16.9. The minimum Gasteiger partial charge on any atom is -0.382 e. The number of alkyl halides is 3. The zero-order valence-corrected chi connectivity index (χ0v) is 17.6. The highest BCUT2D eigenvalue weighted by atomic mass is 35.5. The molecule has 1 unspecified atom stereocenters. The van der Waals surface area contributed by atoms with Crippen molar-refractivity contribution < 1.29 is 17.9 Å². The van der Waals surface area contributed by atoms with Crippen LogP contribution in [0, 0.1) is 0 Å². The molecular formula is C19H29ClF3N5O. The maximum absolute atomic E-state index is 12.8. The van der Waals surface area contributed by atoms with Crippen molar-refractivity contribution in [1.29, 1.82) is 0 Å². The van der Waals surface area contributed by atoms with Crippen LogP contribution in [-0.4, -0.2) is 56.4 Å². The second-order valence-corrected chi connectivity index (χ2v) is 7.18. The molecule has 6 nitrogen and oxygen atoms in total. The van der Waals surface area contributed by atoms with E-state index in [0.717, 1.165) is 57.2 Å². The molecule has 0 aliphatic carbocycles. The molecule has 2 rings (SSSR count). The number of halogens is 4. The van der Waals surface area contributed by atoms with Gasteiger partial charge in [0, 0.05) is 51.6 Å². The van der Waals surface area contributed by atoms with Crippen LogP contribution in [0.25, 0.3) is 0 Å². The van der Waals surface area contributed by atoms with Crippen molar-refractivity contribution in [3.8, 4) is 0 Å². The van der Waals surface area contributed by atoms with E-state index in [2.05, 4.69) is 20.6 Å². The van der Waals surface area contributed by atoms with Gasteiger partial charge in [-0.25, -0.2) is 4.98 Å². The Labute approximate surface area is 174 Å². The monoisotopic (exact) mass is 435 g/mol. The molecule has 0 bridgehead atoms. The first kappa shape index (κ1) is 23.5. The highest BCUT2D eigenvalue weighted by molar-refractivity contribution is 6.33. The van der Waals surface area contributed by atoms with Crippen LogP contribution < -0.4 is 15.5 Å². The Bertz CT molecular complexity index is 672. The van der Waals surface area contributed by atoms with Gasteiger partial charge in [0.15, 0.2) is 5.96 Å². The van der Waals surface area contributed by atoms with Crippen molar-refractivity contribution >= 4 is 23.4 Å². The van der Waals surface area contributed by atoms with Crippen LogP contribution in [0.2, 0.25) is 5.02 Å². The summed E-state index contributed by atoms with van der Waals surface area (Å²) >= 11 is 6.07. The van der Waals surface area contributed by atoms with Gasteiger partial charge in [-0.2, -0.15) is 13.2 Å². The number of hydrogen-bond donors (Lipinski definition) is 2. The highest BCUT2D eigenvalue weighted by Crippen LogP contribution is 2.34. The Morgan fingerprint density at radius 1 is 1.38 bits per heavy atom. The lowest BCUT2D eigenvalue weighted by atomic mass is 10.2. The van der Waals surface area contributed by atoms with Crippen molar-refractivity contribution in [2.45, 2.75) is 45.3 Å². The summed E-state index contributed by atoms with van der Waals surface area (Å²) in [6.07, 6.45) is -0.905. The van der Waals surface area contributed by atoms with E-state index in [1.165, 1.54) is 0 Å². The van der Waals surface area contributed by atoms with Crippen LogP contribution in [-0.2, 0) is 10.9 Å². The lowest BCUT2D eigenvalue weighted by Gasteiger charge is -2.21. The molecular weight excluding hydrogens is 407 g/mol. The summed E-state index contributed by atoms with van der Waals surface area (Å²) in [5, 5.41) is 6.62. The SMILES string of the molecule is CCNC(=NCCCCOCC)NC1CCN(c2ncc(C(F)(F)F)cc2Cl)C1. The number of aromatic nitrogens is 1. The quantitative estimate of drug-likeness (QED) is 0.352. The Kier molecular flexibility index (Phi) is 9.29. The molecule has 164 valence electrons. The van der Waals surface area contributed by atoms with Crippen molar-refractivity contribution in [2.24, 2.45) is 4.99 Å². The van der Waals surface area contributed by atoms with E-state index in [1.54, 1.807) is 0 Å². The van der Waals surface area contributed by atoms with Crippen LogP contribution in [0.4, 0.5) is 19.0 Å². The molecule has 1 fully saturated rings. The third-order valence-electron chi connectivity index (χ3n) is 4.49. The van der Waals surface area contributed by atoms with E-state index in [-0.39, 0.29) is 11.1 Å². The van der Waals surface area contributed by atoms with Gasteiger partial charge in [-0.05, 0) is 39.2 Å². The number of unbranched alkanes of at least 4 members (excludes halogenated alkanes) is 1. The fourth-order valence-corrected chi connectivity index (χ4v) is 3.34. The van der Waals surface area contributed by atoms with E-state index >= 15 is 0 Å². The minimum atomic E-state index is -4.45. The van der Waals surface area contributed by atoms with E-state index in [0.29, 0.717) is 25.5 Å². The van der Waals surface area contributed by atoms with E-state index in [1.807, 2.05) is 18.7 Å². The predicted molar refractivity (Wildman–Crippen MR) is 110 cm³/mol. The van der Waals surface area contributed by atoms with Crippen LogP contribution >= 0.6 is 11.6 Å². The van der Waals surface area contributed by atoms with Gasteiger partial charge in [0.25, 0.3) is 0 Å². The Hall–Kier alpha value is -1.74. The van der Waals surface area contributed by atoms with Crippen molar-refractivity contribution in [3.05, 3.63) is 22.8 Å². The molecule has 10 heteroatoms. The predicted octanol–water partition coefficient (Wildman–Crippen LogP) is 3.70. The van der Waals surface area contributed by atoms with Gasteiger partial charge in [0.1, 0.15) is 5.82 Å². The van der Waals surface area contributed by atoms with Gasteiger partial charge >= 0.3 is 6.18 Å². The number of aliphatic imine (C=N–C) groups is 1. The third-order valence-corrected chi connectivity index (χ3v) is 4.77. The van der Waals surface area contributed by atoms with Gasteiger partial charge in [-0.15, -0.1) is 0 Å². The molecule has 0 amide bonds. The molecule has 0 saturated carbocycles. The number of hydrogen-bond acceptors (Lipinski definition) is 4. The molecule has 1 aliphatic rings. The summed E-state index contributed by atoms with van der Waals surface area (Å²) in [6, 6.07) is 1.04. The molecule has 2 heterocycles. The van der Waals surface area contributed by atoms with Gasteiger partial charge in [0.2, 0.25) is 0 Å². The molecule has 29 heavy (non-hydrogen) atoms. The van der Waals surface area contributed by atoms with Crippen LogP contribution in [0.3, 0.4) is 0 Å². The number of rotatable bonds is 9. The first-order valence-electron chi connectivity index (χ1n) is 9.95. The molecule has 0 aromatic carbocycles. The van der Waals surface area contributed by atoms with Crippen LogP contribution in [0.5, 0.6) is 0 Å². The fraction of sp³-hybridized carbons (Fsp3) is 0.684. The topological polar surface area (TPSA) is 61.8 Å². The minimum absolute atomic E-state index is 0.00958. The second kappa shape index (κ2) is 11.4. The maximum atomic E-state index is 12.8. The van der Waals surface area contributed by atoms with E-state index < -0.39 is 11.7 Å². The molecule has 1 aliphatic heterocycles. The van der Waals surface area contributed by atoms with Gasteiger partial charge in [0.05, 0.1) is 10.6 Å². The number of pyridine rings is 1. The highest BCUT2D eigenvalue weighted by Gasteiger charge is 2.33. The Balaban J connectivity index is 1.90. The second-order valence-electron chi connectivity index (χ2n) is 6.77. The average Bonchev–Trinajstić information content (AvgIpc) is 3.12. The van der Waals surface area contributed by atoms with E-state index in [4.69, 9.17) is 16.3 Å². The number of nitrogens with one attached hydrogen (secondary N) is 2. The standard InChI is InChI=1S/C19H29ClF3N5O/c1-3-24-18(25-8-5-6-10-29-4-2)27-15-7-9-28(13-15)17-16(20)11-14(12-26-17)19(21,22)23/h11-12,15H,3-10,13H2,1-2H3,(H2,24,25,27). The summed E-state index contributed by atoms with van der Waals surface area (Å²) in [6.45, 7) is 8.13. The Morgan fingerprint density at radius 3 is 2.83 bits per heavy atom. The van der Waals surface area contributed by atoms with Gasteiger partial charge in [-0.3, -0.25) is 4.99 Å². The molecule has 1 atom stereocenters. The number of nitrogens with zero attached hydrogens (tertiary/aromatic N) is 3. The van der Waals surface area contributed by atoms with Crippen molar-refractivity contribution in [3.63, 3.8) is 0 Å². The summed E-state index contributed by atoms with van der Waals surface area (Å²) in [4.78, 5) is 10.4. The summed E-state index contributed by atoms with van der Waals surface area (Å²) < 4.78 is 43.7. The smallest absolute Gasteiger partial charge is 0.382 e. The molecule has 1 aromatic heterocycles. The lowest BCUT2D eigenvalue weighted by molar-refractivity contribution is -0.137. The first-order valence-corrected chi connectivity index (χ1v) is 10.3. The first-order chi connectivity index (χ1) is 13.8. The van der Waals surface area contributed by atoms with Crippen LogP contribution in [0.1, 0.15) is 38.7 Å². The van der Waals surface area contributed by atoms with Gasteiger partial charge < -0.3 is 20.3 Å². The lowest BCUT2D eigenvalue weighted by Crippen LogP contribution is -2.44. The molecule has 1 saturated heterocycles. The summed E-state index contributed by atoms with van der Waals surface area (Å²) in [5.41, 5.74) is -0.842. The average molecular weight is 436 g/mol. The van der Waals surface area contributed by atoms with Gasteiger partial charge in [-0.1, -0.05) is 11.6 Å². The number of guanidine groups is 1. The fourth-order valence-electron chi connectivity index (χ4n) is 3.05. The molecule has 0 radical (unpaired) electrons. The van der Waals surface area contributed by atoms with E-state index in [9.17, 15) is 13.2 Å². The summed E-state index contributed by atoms with van der Waals surface area (Å²) in [5.74, 6) is 1.11. The molecule has 0 spiro atoms. The zero-order chi connectivity index (χ0) is 21.3. The maximum Gasteiger partial charge on any atom is 0.417 e. The largest absolute Gasteiger partial charge is 0.417 e. The normalized spacial score (nSPS) is 17.7. The third kappa shape index (κ3) is 7.54. The van der Waals surface area contributed by atoms with Crippen molar-refractivity contribution in [2.75, 3.05) is 44.3 Å². The number of anilines is 1. The Morgan fingerprint density at radius 2 is 2.17 bits per heavy atom. The number of ether oxygens (including phenoxy) is 1.